The van der Waals surface area contributed by atoms with Gasteiger partial charge >= 0.3 is 0 Å². The number of rotatable bonds is 3. The van der Waals surface area contributed by atoms with Crippen LogP contribution in [-0.4, -0.2) is 44.0 Å². The van der Waals surface area contributed by atoms with Gasteiger partial charge in [-0.15, -0.1) is 0 Å². The Kier molecular flexibility index (Phi) is 5.15. The summed E-state index contributed by atoms with van der Waals surface area (Å²) in [7, 11) is 3.46. The smallest absolute Gasteiger partial charge is 0.279 e. The molecule has 0 aliphatic carbocycles. The summed E-state index contributed by atoms with van der Waals surface area (Å²) in [5.74, 6) is 0.0674. The Labute approximate surface area is 187 Å². The van der Waals surface area contributed by atoms with Gasteiger partial charge in [0.25, 0.3) is 5.56 Å². The monoisotopic (exact) mass is 454 g/mol. The van der Waals surface area contributed by atoms with E-state index >= 15 is 0 Å². The van der Waals surface area contributed by atoms with Gasteiger partial charge in [0.1, 0.15) is 23.3 Å². The molecule has 164 valence electrons. The van der Waals surface area contributed by atoms with Gasteiger partial charge in [0.05, 0.1) is 19.1 Å². The largest absolute Gasteiger partial charge is 0.370 e. The quantitative estimate of drug-likeness (QED) is 0.473. The summed E-state index contributed by atoms with van der Waals surface area (Å²) in [4.78, 5) is 23.9. The first kappa shape index (κ1) is 20.6. The highest BCUT2D eigenvalue weighted by Crippen LogP contribution is 2.33. The molecule has 1 atom stereocenters. The molecule has 3 aromatic heterocycles. The lowest BCUT2D eigenvalue weighted by Crippen LogP contribution is -2.39. The Morgan fingerprint density at radius 3 is 2.78 bits per heavy atom. The van der Waals surface area contributed by atoms with Crippen molar-refractivity contribution in [3.05, 3.63) is 69.7 Å². The molecule has 32 heavy (non-hydrogen) atoms. The maximum Gasteiger partial charge on any atom is 0.279 e. The summed E-state index contributed by atoms with van der Waals surface area (Å²) in [6, 6.07) is 6.22. The van der Waals surface area contributed by atoms with Crippen molar-refractivity contribution in [3.63, 3.8) is 0 Å². The van der Waals surface area contributed by atoms with E-state index in [1.807, 2.05) is 18.1 Å². The second-order valence-electron chi connectivity index (χ2n) is 7.76. The highest BCUT2D eigenvalue weighted by atomic mass is 35.5. The van der Waals surface area contributed by atoms with E-state index in [1.165, 1.54) is 17.0 Å². The lowest BCUT2D eigenvalue weighted by atomic mass is 10.0. The molecule has 1 aliphatic rings. The van der Waals surface area contributed by atoms with E-state index in [4.69, 9.17) is 16.3 Å². The van der Waals surface area contributed by atoms with Gasteiger partial charge in [-0.05, 0) is 24.3 Å². The maximum absolute atomic E-state index is 14.8. The molecule has 4 heterocycles. The molecule has 0 radical (unpaired) electrons. The van der Waals surface area contributed by atoms with Crippen molar-refractivity contribution in [3.8, 4) is 11.1 Å². The van der Waals surface area contributed by atoms with Crippen LogP contribution in [0.15, 0.2) is 47.8 Å². The number of hydrogen-bond donors (Lipinski definition) is 0. The first-order valence-electron chi connectivity index (χ1n) is 10.1. The third kappa shape index (κ3) is 3.63. The molecule has 5 rings (SSSR count). The van der Waals surface area contributed by atoms with Crippen molar-refractivity contribution in [2.24, 2.45) is 14.1 Å². The van der Waals surface area contributed by atoms with Crippen LogP contribution >= 0.6 is 11.6 Å². The molecule has 0 spiro atoms. The maximum atomic E-state index is 14.8. The highest BCUT2D eigenvalue weighted by molar-refractivity contribution is 6.30. The van der Waals surface area contributed by atoms with Crippen molar-refractivity contribution in [1.82, 2.24) is 24.3 Å². The van der Waals surface area contributed by atoms with E-state index in [2.05, 4.69) is 15.1 Å². The van der Waals surface area contributed by atoms with Crippen molar-refractivity contribution >= 4 is 28.5 Å². The second-order valence-corrected chi connectivity index (χ2v) is 8.20. The fourth-order valence-corrected chi connectivity index (χ4v) is 4.07. The number of anilines is 1. The normalized spacial score (nSPS) is 16.6. The molecular weight excluding hydrogens is 435 g/mol. The van der Waals surface area contributed by atoms with Gasteiger partial charge in [-0.2, -0.15) is 5.10 Å². The van der Waals surface area contributed by atoms with E-state index in [-0.39, 0.29) is 17.2 Å². The molecule has 0 saturated carbocycles. The number of fused-ring (bicyclic) bond motifs is 1. The summed E-state index contributed by atoms with van der Waals surface area (Å²) >= 11 is 5.95. The average molecular weight is 455 g/mol. The van der Waals surface area contributed by atoms with Gasteiger partial charge in [0.15, 0.2) is 5.52 Å². The van der Waals surface area contributed by atoms with Crippen LogP contribution in [0.5, 0.6) is 0 Å². The number of morpholine rings is 1. The standard InChI is InChI=1S/C22H20ClFN6O2/c1-28-12-25-20-16(15-4-3-14(23)7-17(15)24)8-19(27-21(20)22(28)31)30-5-6-32-18(11-30)13-9-26-29(2)10-13/h3-4,7-10,12,18H,5-6,11H2,1-2H3/t18-/m0/s1. The SMILES string of the molecule is Cn1cc([C@@H]2CN(c3cc(-c4ccc(Cl)cc4F)c4ncn(C)c(=O)c4n3)CCO2)cn1. The lowest BCUT2D eigenvalue weighted by Gasteiger charge is -2.33. The lowest BCUT2D eigenvalue weighted by molar-refractivity contribution is 0.0395. The van der Waals surface area contributed by atoms with Crippen molar-refractivity contribution < 1.29 is 9.13 Å². The minimum absolute atomic E-state index is 0.182. The van der Waals surface area contributed by atoms with Crippen molar-refractivity contribution in [2.75, 3.05) is 24.6 Å². The van der Waals surface area contributed by atoms with Gasteiger partial charge < -0.3 is 14.2 Å². The summed E-state index contributed by atoms with van der Waals surface area (Å²) in [6.07, 6.45) is 4.91. The number of hydrogen-bond acceptors (Lipinski definition) is 6. The van der Waals surface area contributed by atoms with Gasteiger partial charge in [-0.1, -0.05) is 11.6 Å². The van der Waals surface area contributed by atoms with E-state index in [0.717, 1.165) is 5.56 Å². The zero-order valence-electron chi connectivity index (χ0n) is 17.5. The van der Waals surface area contributed by atoms with Crippen LogP contribution in [0.4, 0.5) is 10.2 Å². The molecule has 8 nitrogen and oxygen atoms in total. The predicted octanol–water partition coefficient (Wildman–Crippen LogP) is 3.10. The van der Waals surface area contributed by atoms with E-state index < -0.39 is 5.82 Å². The number of pyridine rings is 1. The molecular formula is C22H20ClFN6O2. The number of aryl methyl sites for hydroxylation is 2. The number of halogens is 2. The first-order chi connectivity index (χ1) is 15.4. The van der Waals surface area contributed by atoms with Crippen LogP contribution in [0.2, 0.25) is 5.02 Å². The average Bonchev–Trinajstić information content (AvgIpc) is 3.22. The molecule has 0 bridgehead atoms. The molecule has 1 fully saturated rings. The van der Waals surface area contributed by atoms with Gasteiger partial charge in [-0.25, -0.2) is 14.4 Å². The fourth-order valence-electron chi connectivity index (χ4n) is 3.91. The van der Waals surface area contributed by atoms with Gasteiger partial charge in [0.2, 0.25) is 0 Å². The van der Waals surface area contributed by atoms with E-state index in [0.29, 0.717) is 47.2 Å². The van der Waals surface area contributed by atoms with Crippen LogP contribution in [0, 0.1) is 5.82 Å². The predicted molar refractivity (Wildman–Crippen MR) is 119 cm³/mol. The van der Waals surface area contributed by atoms with Gasteiger partial charge in [0, 0.05) is 55.1 Å². The first-order valence-corrected chi connectivity index (χ1v) is 10.5. The Bertz CT molecular complexity index is 1380. The van der Waals surface area contributed by atoms with Crippen LogP contribution < -0.4 is 10.5 Å². The Morgan fingerprint density at radius 1 is 1.19 bits per heavy atom. The van der Waals surface area contributed by atoms with Crippen LogP contribution in [0.25, 0.3) is 22.2 Å². The van der Waals surface area contributed by atoms with Crippen LogP contribution in [0.1, 0.15) is 11.7 Å². The van der Waals surface area contributed by atoms with Crippen molar-refractivity contribution in [2.45, 2.75) is 6.10 Å². The van der Waals surface area contributed by atoms with Crippen LogP contribution in [-0.2, 0) is 18.8 Å². The molecule has 1 aromatic carbocycles. The minimum atomic E-state index is -0.492. The van der Waals surface area contributed by atoms with Gasteiger partial charge in [-0.3, -0.25) is 9.48 Å². The Morgan fingerprint density at radius 2 is 2.03 bits per heavy atom. The number of aromatic nitrogens is 5. The number of nitrogens with zero attached hydrogens (tertiary/aromatic N) is 6. The summed E-state index contributed by atoms with van der Waals surface area (Å²) in [5, 5.41) is 4.51. The third-order valence-electron chi connectivity index (χ3n) is 5.57. The molecule has 0 unspecified atom stereocenters. The Hall–Kier alpha value is -3.30. The van der Waals surface area contributed by atoms with E-state index in [1.54, 1.807) is 36.1 Å². The second kappa shape index (κ2) is 7.99. The molecule has 1 aliphatic heterocycles. The highest BCUT2D eigenvalue weighted by Gasteiger charge is 2.26. The molecule has 4 aromatic rings. The van der Waals surface area contributed by atoms with Crippen molar-refractivity contribution in [1.29, 1.82) is 0 Å². The Balaban J connectivity index is 1.65. The zero-order chi connectivity index (χ0) is 22.4. The third-order valence-corrected chi connectivity index (χ3v) is 5.81. The molecule has 1 saturated heterocycles. The fraction of sp³-hybridized carbons (Fsp3) is 0.273. The summed E-state index contributed by atoms with van der Waals surface area (Å²) < 4.78 is 23.9. The number of ether oxygens (including phenoxy) is 1. The molecule has 0 amide bonds. The minimum Gasteiger partial charge on any atom is -0.370 e. The van der Waals surface area contributed by atoms with Crippen LogP contribution in [0.3, 0.4) is 0 Å². The molecule has 10 heteroatoms. The summed E-state index contributed by atoms with van der Waals surface area (Å²) in [5.41, 5.74) is 1.97. The summed E-state index contributed by atoms with van der Waals surface area (Å²) in [6.45, 7) is 1.58. The zero-order valence-corrected chi connectivity index (χ0v) is 18.3. The number of benzene rings is 1. The molecule has 0 N–H and O–H groups in total. The topological polar surface area (TPSA) is 78.1 Å². The van der Waals surface area contributed by atoms with E-state index in [9.17, 15) is 9.18 Å².